The van der Waals surface area contributed by atoms with Crippen LogP contribution in [-0.4, -0.2) is 31.3 Å². The van der Waals surface area contributed by atoms with Gasteiger partial charge in [-0.3, -0.25) is 4.79 Å². The van der Waals surface area contributed by atoms with E-state index >= 15 is 0 Å². The second-order valence-electron chi connectivity index (χ2n) is 8.18. The zero-order chi connectivity index (χ0) is 31.3. The number of carbonyl (C=O) groups is 1. The lowest BCUT2D eigenvalue weighted by molar-refractivity contribution is 0.112. The first-order chi connectivity index (χ1) is 21.3. The van der Waals surface area contributed by atoms with Crippen molar-refractivity contribution >= 4 is 75.4 Å². The van der Waals surface area contributed by atoms with Crippen LogP contribution in [0.4, 0.5) is 0 Å². The molecule has 1 unspecified atom stereocenters. The average molecular weight is 706 g/mol. The lowest BCUT2D eigenvalue weighted by Crippen LogP contribution is -2.02. The minimum Gasteiger partial charge on any atom is -0.423 e. The summed E-state index contributed by atoms with van der Waals surface area (Å²) in [6, 6.07) is 23.2. The van der Waals surface area contributed by atoms with E-state index in [0.717, 1.165) is 16.0 Å². The molecule has 6 rings (SSSR count). The number of carbonyl (C=O) groups excluding carboxylic acids is 1. The average Bonchev–Trinajstić information content (AvgIpc) is 3.76. The molecule has 14 heteroatoms. The van der Waals surface area contributed by atoms with Crippen LogP contribution < -0.4 is 9.47 Å². The number of halogens is 4. The van der Waals surface area contributed by atoms with Crippen molar-refractivity contribution < 1.29 is 19.4 Å². The van der Waals surface area contributed by atoms with E-state index in [2.05, 4.69) is 19.9 Å². The summed E-state index contributed by atoms with van der Waals surface area (Å²) in [4.78, 5) is 27.4. The molecule has 4 aromatic heterocycles. The second-order valence-corrected chi connectivity index (χ2v) is 11.7. The second kappa shape index (κ2) is 17.0. The van der Waals surface area contributed by atoms with Crippen LogP contribution in [0.25, 0.3) is 0 Å². The number of thiophene rings is 2. The molecule has 6 aromatic rings. The third kappa shape index (κ3) is 9.96. The van der Waals surface area contributed by atoms with Gasteiger partial charge < -0.3 is 14.6 Å². The Balaban J connectivity index is 0.000000172. The van der Waals surface area contributed by atoms with E-state index in [4.69, 9.17) is 55.9 Å². The van der Waals surface area contributed by atoms with Gasteiger partial charge in [0.2, 0.25) is 0 Å². The Labute approximate surface area is 280 Å². The molecule has 8 nitrogen and oxygen atoms in total. The SMILES string of the molecule is Clc1ccnc(Oc2ccccc2Cl)n1.O=Cc1cccs1.OC(c1cccs1)c1cnc(Oc2ccccc2Cl)nc1Cl. The van der Waals surface area contributed by atoms with Crippen molar-refractivity contribution in [2.45, 2.75) is 6.10 Å². The molecule has 0 fully saturated rings. The number of benzene rings is 2. The van der Waals surface area contributed by atoms with Crippen LogP contribution in [0, 0.1) is 0 Å². The van der Waals surface area contributed by atoms with Crippen molar-refractivity contribution in [3.05, 3.63) is 138 Å². The Morgan fingerprint density at radius 3 is 1.84 bits per heavy atom. The van der Waals surface area contributed by atoms with Gasteiger partial charge in [-0.25, -0.2) is 9.97 Å². The molecule has 44 heavy (non-hydrogen) atoms. The molecule has 0 saturated carbocycles. The molecule has 0 aliphatic heterocycles. The standard InChI is InChI=1S/C15H10Cl2N2O2S.C10H6Cl2N2O.C5H4OS/c16-10-4-1-2-5-11(10)21-15-18-8-9(14(17)19-15)13(20)12-6-3-7-22-12;11-7-3-1-2-4-8(7)15-10-13-6-5-9(12)14-10;6-4-5-2-1-3-7-5/h1-8,13,20H;1-6H;1-4H. The molecule has 0 saturated heterocycles. The van der Waals surface area contributed by atoms with E-state index in [1.165, 1.54) is 35.1 Å². The Hall–Kier alpha value is -3.61. The molecule has 2 aromatic carbocycles. The summed E-state index contributed by atoms with van der Waals surface area (Å²) in [5.41, 5.74) is 0.427. The number of hydrogen-bond acceptors (Lipinski definition) is 10. The molecule has 1 N–H and O–H groups in total. The van der Waals surface area contributed by atoms with Gasteiger partial charge in [-0.1, -0.05) is 82.8 Å². The quantitative estimate of drug-likeness (QED) is 0.129. The largest absolute Gasteiger partial charge is 0.423 e. The van der Waals surface area contributed by atoms with E-state index < -0.39 is 6.10 Å². The van der Waals surface area contributed by atoms with Gasteiger partial charge in [-0.15, -0.1) is 22.7 Å². The van der Waals surface area contributed by atoms with Gasteiger partial charge in [-0.2, -0.15) is 9.97 Å². The van der Waals surface area contributed by atoms with Gasteiger partial charge in [0.1, 0.15) is 27.9 Å². The van der Waals surface area contributed by atoms with Crippen LogP contribution in [0.15, 0.2) is 102 Å². The van der Waals surface area contributed by atoms with Crippen molar-refractivity contribution in [1.29, 1.82) is 0 Å². The summed E-state index contributed by atoms with van der Waals surface area (Å²) in [6.45, 7) is 0. The third-order valence-electron chi connectivity index (χ3n) is 5.19. The lowest BCUT2D eigenvalue weighted by atomic mass is 10.1. The summed E-state index contributed by atoms with van der Waals surface area (Å²) in [5.74, 6) is 0.938. The van der Waals surface area contributed by atoms with Crippen LogP contribution in [0.3, 0.4) is 0 Å². The number of rotatable bonds is 7. The fourth-order valence-electron chi connectivity index (χ4n) is 3.17. The van der Waals surface area contributed by atoms with Crippen molar-refractivity contribution in [3.8, 4) is 23.5 Å². The molecule has 1 atom stereocenters. The maximum absolute atomic E-state index is 10.3. The summed E-state index contributed by atoms with van der Waals surface area (Å²) in [7, 11) is 0. The molecular weight excluding hydrogens is 686 g/mol. The summed E-state index contributed by atoms with van der Waals surface area (Å²) < 4.78 is 10.8. The highest BCUT2D eigenvalue weighted by atomic mass is 35.5. The molecule has 4 heterocycles. The first-order valence-electron chi connectivity index (χ1n) is 12.4. The monoisotopic (exact) mass is 704 g/mol. The van der Waals surface area contributed by atoms with E-state index in [0.29, 0.717) is 32.3 Å². The van der Waals surface area contributed by atoms with Crippen LogP contribution in [0.2, 0.25) is 20.4 Å². The fraction of sp³-hybridized carbons (Fsp3) is 0.0333. The first kappa shape index (κ1) is 33.3. The lowest BCUT2D eigenvalue weighted by Gasteiger charge is -2.11. The van der Waals surface area contributed by atoms with Crippen LogP contribution >= 0.6 is 69.1 Å². The molecule has 224 valence electrons. The topological polar surface area (TPSA) is 107 Å². The molecule has 0 amide bonds. The smallest absolute Gasteiger partial charge is 0.323 e. The molecule has 0 aliphatic rings. The predicted molar refractivity (Wildman–Crippen MR) is 175 cm³/mol. The minimum absolute atomic E-state index is 0.0697. The van der Waals surface area contributed by atoms with E-state index in [-0.39, 0.29) is 17.2 Å². The highest BCUT2D eigenvalue weighted by Gasteiger charge is 2.18. The van der Waals surface area contributed by atoms with Crippen molar-refractivity contribution in [2.75, 3.05) is 0 Å². The number of nitrogens with zero attached hydrogens (tertiary/aromatic N) is 4. The normalized spacial score (nSPS) is 10.8. The summed E-state index contributed by atoms with van der Waals surface area (Å²) >= 11 is 26.6. The van der Waals surface area contributed by atoms with Crippen molar-refractivity contribution in [2.24, 2.45) is 0 Å². The van der Waals surface area contributed by atoms with Gasteiger partial charge in [0.25, 0.3) is 0 Å². The van der Waals surface area contributed by atoms with Crippen LogP contribution in [0.1, 0.15) is 26.2 Å². The number of aromatic nitrogens is 4. The maximum Gasteiger partial charge on any atom is 0.323 e. The molecule has 0 radical (unpaired) electrons. The third-order valence-corrected chi connectivity index (χ3v) is 8.05. The van der Waals surface area contributed by atoms with Crippen LogP contribution in [-0.2, 0) is 0 Å². The van der Waals surface area contributed by atoms with Crippen LogP contribution in [0.5, 0.6) is 23.5 Å². The van der Waals surface area contributed by atoms with Crippen molar-refractivity contribution in [3.63, 3.8) is 0 Å². The molecule has 0 spiro atoms. The number of para-hydroxylation sites is 2. The van der Waals surface area contributed by atoms with E-state index in [9.17, 15) is 9.90 Å². The minimum atomic E-state index is -0.859. The fourth-order valence-corrected chi connectivity index (χ4v) is 5.12. The Morgan fingerprint density at radius 1 is 0.727 bits per heavy atom. The zero-order valence-electron chi connectivity index (χ0n) is 22.3. The molecule has 0 aliphatic carbocycles. The molecular formula is C30H20Cl4N4O4S2. The summed E-state index contributed by atoms with van der Waals surface area (Å²) in [5, 5.41) is 15.4. The van der Waals surface area contributed by atoms with E-state index in [1.807, 2.05) is 41.1 Å². The Kier molecular flexibility index (Phi) is 12.9. The highest BCUT2D eigenvalue weighted by molar-refractivity contribution is 7.11. The zero-order valence-corrected chi connectivity index (χ0v) is 26.9. The van der Waals surface area contributed by atoms with Gasteiger partial charge >= 0.3 is 12.0 Å². The number of aliphatic hydroxyl groups excluding tert-OH is 1. The van der Waals surface area contributed by atoms with Gasteiger partial charge in [0.15, 0.2) is 6.29 Å². The number of ether oxygens (including phenoxy) is 2. The number of aldehydes is 1. The van der Waals surface area contributed by atoms with Gasteiger partial charge in [0, 0.05) is 22.8 Å². The Bertz CT molecular complexity index is 1780. The Morgan fingerprint density at radius 2 is 1.34 bits per heavy atom. The highest BCUT2D eigenvalue weighted by Crippen LogP contribution is 2.32. The predicted octanol–water partition coefficient (Wildman–Crippen LogP) is 9.86. The number of hydrogen-bond donors (Lipinski definition) is 1. The van der Waals surface area contributed by atoms with E-state index in [1.54, 1.807) is 48.5 Å². The summed E-state index contributed by atoms with van der Waals surface area (Å²) in [6.07, 6.45) is 2.96. The van der Waals surface area contributed by atoms with Crippen molar-refractivity contribution in [1.82, 2.24) is 19.9 Å². The van der Waals surface area contributed by atoms with Gasteiger partial charge in [-0.05, 0) is 53.2 Å². The van der Waals surface area contributed by atoms with Gasteiger partial charge in [0.05, 0.1) is 14.9 Å². The first-order valence-corrected chi connectivity index (χ1v) is 15.7. The maximum atomic E-state index is 10.3. The molecule has 0 bridgehead atoms. The number of aliphatic hydroxyl groups is 1.